The molecule has 0 fully saturated rings. The number of β-amino-alcohol motifs (C(OH)–C–C–N with tert-alkyl or cyclic N) is 1. The van der Waals surface area contributed by atoms with Crippen molar-refractivity contribution < 1.29 is 38.9 Å². The molecule has 1 aromatic carbocycles. The van der Waals surface area contributed by atoms with Gasteiger partial charge in [0.25, 0.3) is 5.91 Å². The molecule has 11 nitrogen and oxygen atoms in total. The lowest BCUT2D eigenvalue weighted by Gasteiger charge is -2.17. The first kappa shape index (κ1) is 25.5. The second-order valence-electron chi connectivity index (χ2n) is 8.26. The minimum atomic E-state index is -1.59. The summed E-state index contributed by atoms with van der Waals surface area (Å²) in [5.41, 5.74) is 0.998. The maximum atomic E-state index is 13.5. The Balaban J connectivity index is 1.76. The molecule has 0 saturated heterocycles. The largest absolute Gasteiger partial charge is 0.545 e. The molecule has 0 saturated carbocycles. The molecular formula is C26H24N3O8-. The first-order valence-electron chi connectivity index (χ1n) is 11.3. The predicted molar refractivity (Wildman–Crippen MR) is 129 cm³/mol. The van der Waals surface area contributed by atoms with Crippen LogP contribution in [0.15, 0.2) is 53.9 Å². The number of fused-ring (bicyclic) bond motifs is 1. The van der Waals surface area contributed by atoms with Gasteiger partial charge in [0.15, 0.2) is 0 Å². The van der Waals surface area contributed by atoms with Crippen LogP contribution in [0.25, 0.3) is 5.52 Å². The fourth-order valence-electron chi connectivity index (χ4n) is 4.42. The zero-order valence-electron chi connectivity index (χ0n) is 20.4. The third-order valence-corrected chi connectivity index (χ3v) is 6.16. The van der Waals surface area contributed by atoms with Crippen LogP contribution in [-0.4, -0.2) is 72.0 Å². The lowest BCUT2D eigenvalue weighted by Crippen LogP contribution is -2.31. The van der Waals surface area contributed by atoms with Crippen LogP contribution in [0.5, 0.6) is 5.75 Å². The molecule has 0 spiro atoms. The van der Waals surface area contributed by atoms with Crippen LogP contribution >= 0.6 is 0 Å². The zero-order valence-corrected chi connectivity index (χ0v) is 20.4. The molecule has 11 heteroatoms. The number of pyridine rings is 1. The SMILES string of the molecule is COC(=O)C1=C(Nc2ccc(C(=O)c3c(C)c(OC)c4ccccn34)cc2C(=O)[O-])C(=O)N(CCO)C1. The van der Waals surface area contributed by atoms with E-state index in [0.717, 1.165) is 13.2 Å². The van der Waals surface area contributed by atoms with E-state index in [9.17, 15) is 29.4 Å². The van der Waals surface area contributed by atoms with Gasteiger partial charge >= 0.3 is 5.97 Å². The van der Waals surface area contributed by atoms with Gasteiger partial charge in [-0.3, -0.25) is 9.59 Å². The molecule has 2 N–H and O–H groups in total. The van der Waals surface area contributed by atoms with E-state index >= 15 is 0 Å². The number of aromatic carboxylic acids is 1. The average molecular weight is 506 g/mol. The van der Waals surface area contributed by atoms with E-state index in [4.69, 9.17) is 9.47 Å². The number of nitrogens with one attached hydrogen (secondary N) is 1. The third kappa shape index (κ3) is 4.40. The van der Waals surface area contributed by atoms with Gasteiger partial charge < -0.3 is 39.1 Å². The number of anilines is 1. The average Bonchev–Trinajstić information content (AvgIpc) is 3.36. The lowest BCUT2D eigenvalue weighted by molar-refractivity contribution is -0.254. The number of amides is 1. The van der Waals surface area contributed by atoms with Crippen LogP contribution in [0.1, 0.15) is 32.0 Å². The molecule has 192 valence electrons. The van der Waals surface area contributed by atoms with E-state index in [0.29, 0.717) is 22.5 Å². The first-order valence-corrected chi connectivity index (χ1v) is 11.3. The second kappa shape index (κ2) is 10.2. The summed E-state index contributed by atoms with van der Waals surface area (Å²) in [5.74, 6) is -2.90. The Labute approximate surface area is 211 Å². The number of ether oxygens (including phenoxy) is 2. The Kier molecular flexibility index (Phi) is 6.98. The number of carboxylic acid groups (broad SMARTS) is 1. The van der Waals surface area contributed by atoms with Crippen molar-refractivity contribution in [2.75, 3.05) is 39.2 Å². The Morgan fingerprint density at radius 3 is 2.57 bits per heavy atom. The number of benzene rings is 1. The highest BCUT2D eigenvalue weighted by Gasteiger charge is 2.35. The van der Waals surface area contributed by atoms with E-state index < -0.39 is 23.6 Å². The molecule has 0 radical (unpaired) electrons. The number of esters is 1. The monoisotopic (exact) mass is 506 g/mol. The van der Waals surface area contributed by atoms with Crippen molar-refractivity contribution in [1.29, 1.82) is 0 Å². The predicted octanol–water partition coefficient (Wildman–Crippen LogP) is 0.524. The quantitative estimate of drug-likeness (QED) is 0.313. The summed E-state index contributed by atoms with van der Waals surface area (Å²) in [7, 11) is 2.66. The van der Waals surface area contributed by atoms with Gasteiger partial charge in [-0.1, -0.05) is 6.07 Å². The molecular weight excluding hydrogens is 482 g/mol. The Morgan fingerprint density at radius 2 is 1.92 bits per heavy atom. The normalized spacial score (nSPS) is 13.3. The molecule has 0 aliphatic carbocycles. The van der Waals surface area contributed by atoms with Crippen LogP contribution in [0, 0.1) is 6.92 Å². The second-order valence-corrected chi connectivity index (χ2v) is 8.26. The number of rotatable bonds is 9. The number of nitrogens with zero attached hydrogens (tertiary/aromatic N) is 2. The van der Waals surface area contributed by atoms with Gasteiger partial charge in [-0.25, -0.2) is 4.79 Å². The van der Waals surface area contributed by atoms with Crippen molar-refractivity contribution in [2.45, 2.75) is 6.92 Å². The Hall–Kier alpha value is -4.64. The molecule has 1 aliphatic heterocycles. The Bertz CT molecular complexity index is 1470. The molecule has 1 aliphatic rings. The lowest BCUT2D eigenvalue weighted by atomic mass is 10.0. The van der Waals surface area contributed by atoms with Crippen molar-refractivity contribution in [1.82, 2.24) is 9.30 Å². The zero-order chi connectivity index (χ0) is 26.9. The number of carbonyl (C=O) groups excluding carboxylic acids is 4. The summed E-state index contributed by atoms with van der Waals surface area (Å²) >= 11 is 0. The number of carbonyl (C=O) groups is 4. The number of methoxy groups -OCH3 is 2. The topological polar surface area (TPSA) is 150 Å². The summed E-state index contributed by atoms with van der Waals surface area (Å²) in [4.78, 5) is 51.8. The molecule has 0 unspecified atom stereocenters. The number of hydrogen-bond donors (Lipinski definition) is 2. The molecule has 3 aromatic rings. The van der Waals surface area contributed by atoms with Gasteiger partial charge in [0, 0.05) is 35.1 Å². The molecule has 0 bridgehead atoms. The van der Waals surface area contributed by atoms with Gasteiger partial charge in [-0.2, -0.15) is 0 Å². The number of carboxylic acids is 1. The number of aliphatic hydroxyl groups is 1. The van der Waals surface area contributed by atoms with E-state index in [2.05, 4.69) is 5.32 Å². The van der Waals surface area contributed by atoms with E-state index in [1.54, 1.807) is 29.7 Å². The summed E-state index contributed by atoms with van der Waals surface area (Å²) in [6.07, 6.45) is 1.71. The van der Waals surface area contributed by atoms with Crippen molar-refractivity contribution >= 4 is 34.8 Å². The summed E-state index contributed by atoms with van der Waals surface area (Å²) in [6, 6.07) is 9.25. The molecule has 0 atom stereocenters. The minimum absolute atomic E-state index is 0.0206. The van der Waals surface area contributed by atoms with Crippen molar-refractivity contribution in [2.24, 2.45) is 0 Å². The fourth-order valence-corrected chi connectivity index (χ4v) is 4.42. The molecule has 37 heavy (non-hydrogen) atoms. The maximum absolute atomic E-state index is 13.5. The molecule has 1 amide bonds. The van der Waals surface area contributed by atoms with E-state index in [1.807, 2.05) is 6.07 Å². The summed E-state index contributed by atoms with van der Waals surface area (Å²) in [6.45, 7) is 1.26. The molecule has 4 rings (SSSR count). The van der Waals surface area contributed by atoms with Crippen LogP contribution in [-0.2, 0) is 14.3 Å². The number of aliphatic hydroxyl groups excluding tert-OH is 1. The van der Waals surface area contributed by atoms with Gasteiger partial charge in [0.05, 0.1) is 44.4 Å². The number of ketones is 1. The van der Waals surface area contributed by atoms with Crippen molar-refractivity contribution in [3.63, 3.8) is 0 Å². The minimum Gasteiger partial charge on any atom is -0.545 e. The smallest absolute Gasteiger partial charge is 0.337 e. The molecule has 2 aromatic heterocycles. The standard InChI is InChI=1S/C26H25N3O8/c1-14-21(29-9-5-4-6-19(29)23(14)36-2)22(31)15-7-8-18(16(12-15)25(33)34)27-20-17(26(35)37-3)13-28(10-11-30)24(20)32/h4-9,12,27,30H,10-11,13H2,1-3H3,(H,33,34)/p-1. The van der Waals surface area contributed by atoms with Gasteiger partial charge in [0.2, 0.25) is 5.78 Å². The van der Waals surface area contributed by atoms with Crippen molar-refractivity contribution in [3.8, 4) is 5.75 Å². The third-order valence-electron chi connectivity index (χ3n) is 6.16. The summed E-state index contributed by atoms with van der Waals surface area (Å²) < 4.78 is 11.9. The van der Waals surface area contributed by atoms with Crippen molar-refractivity contribution in [3.05, 3.63) is 76.2 Å². The highest BCUT2D eigenvalue weighted by molar-refractivity contribution is 6.13. The van der Waals surface area contributed by atoms with E-state index in [1.165, 1.54) is 24.1 Å². The van der Waals surface area contributed by atoms with Crippen LogP contribution < -0.4 is 15.2 Å². The van der Waals surface area contributed by atoms with Gasteiger partial charge in [-0.05, 0) is 37.3 Å². The fraction of sp³-hybridized carbons (Fsp3) is 0.231. The number of hydrogen-bond acceptors (Lipinski definition) is 9. The van der Waals surface area contributed by atoms with Gasteiger partial charge in [0.1, 0.15) is 17.1 Å². The first-order chi connectivity index (χ1) is 17.7. The Morgan fingerprint density at radius 1 is 1.16 bits per heavy atom. The van der Waals surface area contributed by atoms with Crippen LogP contribution in [0.2, 0.25) is 0 Å². The van der Waals surface area contributed by atoms with E-state index in [-0.39, 0.29) is 47.8 Å². The highest BCUT2D eigenvalue weighted by Crippen LogP contribution is 2.32. The molecule has 3 heterocycles. The van der Waals surface area contributed by atoms with Crippen LogP contribution in [0.4, 0.5) is 5.69 Å². The van der Waals surface area contributed by atoms with Crippen LogP contribution in [0.3, 0.4) is 0 Å². The summed E-state index contributed by atoms with van der Waals surface area (Å²) in [5, 5.41) is 24.0. The van der Waals surface area contributed by atoms with Gasteiger partial charge in [-0.15, -0.1) is 0 Å². The number of aromatic nitrogens is 1. The maximum Gasteiger partial charge on any atom is 0.337 e. The highest BCUT2D eigenvalue weighted by atomic mass is 16.5.